The van der Waals surface area contributed by atoms with Crippen LogP contribution in [0.2, 0.25) is 0 Å². The Morgan fingerprint density at radius 2 is 2.00 bits per heavy atom. The molecule has 0 bridgehead atoms. The molecule has 0 unspecified atom stereocenters. The number of anilines is 1. The molecule has 0 saturated heterocycles. The van der Waals surface area contributed by atoms with Gasteiger partial charge in [0.05, 0.1) is 0 Å². The van der Waals surface area contributed by atoms with E-state index in [1.54, 1.807) is 0 Å². The number of aromatic nitrogens is 1. The molecule has 1 aromatic carbocycles. The summed E-state index contributed by atoms with van der Waals surface area (Å²) in [5.74, 6) is 0. The van der Waals surface area contributed by atoms with Crippen LogP contribution >= 0.6 is 24.0 Å². The predicted octanol–water partition coefficient (Wildman–Crippen LogP) is 2.68. The van der Waals surface area contributed by atoms with Gasteiger partial charge in [-0.15, -0.1) is 24.0 Å². The molecule has 64 valence electrons. The number of nitrogens with two attached hydrogens (primary N) is 1. The molecule has 2 nitrogen and oxygen atoms in total. The number of benzene rings is 1. The highest BCUT2D eigenvalue weighted by Gasteiger charge is 1.95. The highest BCUT2D eigenvalue weighted by atomic mass is 127. The van der Waals surface area contributed by atoms with Gasteiger partial charge in [0.1, 0.15) is 0 Å². The van der Waals surface area contributed by atoms with E-state index in [0.717, 1.165) is 11.2 Å². The van der Waals surface area contributed by atoms with Crippen molar-refractivity contribution in [3.63, 3.8) is 0 Å². The largest absolute Gasteiger partial charge is 0.399 e. The molecule has 0 aliphatic carbocycles. The minimum absolute atomic E-state index is 0. The standard InChI is InChI=1S/C9H10N2.HI/c1-6-4-7-2-3-8(10)5-9(7)11-6;/h2-5,11H,10H2,1H3;1H. The van der Waals surface area contributed by atoms with Crippen LogP contribution in [0.3, 0.4) is 0 Å². The lowest BCUT2D eigenvalue weighted by atomic mass is 10.2. The second kappa shape index (κ2) is 3.35. The van der Waals surface area contributed by atoms with Crippen molar-refractivity contribution in [2.24, 2.45) is 0 Å². The fourth-order valence-electron chi connectivity index (χ4n) is 1.29. The molecular formula is C9H11IN2. The molecule has 1 aromatic heterocycles. The average Bonchev–Trinajstić information content (AvgIpc) is 2.27. The van der Waals surface area contributed by atoms with Gasteiger partial charge >= 0.3 is 0 Å². The van der Waals surface area contributed by atoms with Gasteiger partial charge in [0.25, 0.3) is 0 Å². The fraction of sp³-hybridized carbons (Fsp3) is 0.111. The summed E-state index contributed by atoms with van der Waals surface area (Å²) in [7, 11) is 0. The van der Waals surface area contributed by atoms with E-state index in [1.807, 2.05) is 25.1 Å². The molecule has 2 rings (SSSR count). The van der Waals surface area contributed by atoms with Gasteiger partial charge in [-0.1, -0.05) is 6.07 Å². The Labute approximate surface area is 88.2 Å². The minimum Gasteiger partial charge on any atom is -0.399 e. The monoisotopic (exact) mass is 274 g/mol. The van der Waals surface area contributed by atoms with Crippen molar-refractivity contribution in [3.05, 3.63) is 30.0 Å². The number of hydrogen-bond donors (Lipinski definition) is 2. The van der Waals surface area contributed by atoms with E-state index in [2.05, 4.69) is 11.1 Å². The van der Waals surface area contributed by atoms with E-state index in [1.165, 1.54) is 11.1 Å². The van der Waals surface area contributed by atoms with E-state index < -0.39 is 0 Å². The number of aryl methyl sites for hydroxylation is 1. The lowest BCUT2D eigenvalue weighted by molar-refractivity contribution is 1.30. The average molecular weight is 274 g/mol. The summed E-state index contributed by atoms with van der Waals surface area (Å²) < 4.78 is 0. The number of H-pyrrole nitrogens is 1. The third kappa shape index (κ3) is 1.55. The molecule has 0 spiro atoms. The number of nitrogen functional groups attached to an aromatic ring is 1. The molecule has 0 aliphatic heterocycles. The van der Waals surface area contributed by atoms with Crippen molar-refractivity contribution < 1.29 is 0 Å². The molecule has 0 aliphatic rings. The first-order chi connectivity index (χ1) is 5.25. The number of fused-ring (bicyclic) bond motifs is 1. The van der Waals surface area contributed by atoms with Crippen LogP contribution in [0.15, 0.2) is 24.3 Å². The first kappa shape index (κ1) is 9.38. The van der Waals surface area contributed by atoms with Crippen LogP contribution in [-0.4, -0.2) is 4.98 Å². The number of rotatable bonds is 0. The van der Waals surface area contributed by atoms with Crippen LogP contribution in [0.5, 0.6) is 0 Å². The summed E-state index contributed by atoms with van der Waals surface area (Å²) in [6, 6.07) is 7.99. The zero-order chi connectivity index (χ0) is 7.84. The Morgan fingerprint density at radius 3 is 2.75 bits per heavy atom. The number of aromatic amines is 1. The molecule has 12 heavy (non-hydrogen) atoms. The second-order valence-electron chi connectivity index (χ2n) is 2.80. The normalized spacial score (nSPS) is 9.75. The molecule has 0 fully saturated rings. The van der Waals surface area contributed by atoms with Gasteiger partial charge in [-0.3, -0.25) is 0 Å². The number of hydrogen-bond acceptors (Lipinski definition) is 1. The first-order valence-corrected chi connectivity index (χ1v) is 3.60. The maximum Gasteiger partial charge on any atom is 0.0476 e. The fourth-order valence-corrected chi connectivity index (χ4v) is 1.29. The Morgan fingerprint density at radius 1 is 1.25 bits per heavy atom. The molecule has 0 radical (unpaired) electrons. The molecule has 0 saturated carbocycles. The SMILES string of the molecule is Cc1cc2ccc(N)cc2[nH]1.I. The van der Waals surface area contributed by atoms with Gasteiger partial charge in [-0.25, -0.2) is 0 Å². The lowest BCUT2D eigenvalue weighted by Crippen LogP contribution is -1.81. The van der Waals surface area contributed by atoms with Crippen molar-refractivity contribution in [3.8, 4) is 0 Å². The number of nitrogens with one attached hydrogen (secondary N) is 1. The molecule has 2 aromatic rings. The van der Waals surface area contributed by atoms with Crippen molar-refractivity contribution in [1.82, 2.24) is 4.98 Å². The Kier molecular flexibility index (Phi) is 2.62. The second-order valence-corrected chi connectivity index (χ2v) is 2.80. The summed E-state index contributed by atoms with van der Waals surface area (Å²) in [4.78, 5) is 3.22. The maximum absolute atomic E-state index is 5.61. The molecule has 0 atom stereocenters. The van der Waals surface area contributed by atoms with Gasteiger partial charge < -0.3 is 10.7 Å². The van der Waals surface area contributed by atoms with Gasteiger partial charge in [0.15, 0.2) is 0 Å². The molecule has 3 heteroatoms. The van der Waals surface area contributed by atoms with E-state index >= 15 is 0 Å². The summed E-state index contributed by atoms with van der Waals surface area (Å²) in [6.07, 6.45) is 0. The van der Waals surface area contributed by atoms with Gasteiger partial charge in [0, 0.05) is 16.9 Å². The lowest BCUT2D eigenvalue weighted by Gasteiger charge is -1.91. The Bertz CT molecular complexity index is 392. The van der Waals surface area contributed by atoms with Crippen molar-refractivity contribution >= 4 is 40.6 Å². The van der Waals surface area contributed by atoms with Gasteiger partial charge in [-0.05, 0) is 30.5 Å². The topological polar surface area (TPSA) is 41.8 Å². The smallest absolute Gasteiger partial charge is 0.0476 e. The Balaban J connectivity index is 0.000000720. The molecule has 1 heterocycles. The maximum atomic E-state index is 5.61. The predicted molar refractivity (Wildman–Crippen MR) is 62.9 cm³/mol. The third-order valence-electron chi connectivity index (χ3n) is 1.78. The van der Waals surface area contributed by atoms with Crippen LogP contribution < -0.4 is 5.73 Å². The van der Waals surface area contributed by atoms with Gasteiger partial charge in [0.2, 0.25) is 0 Å². The third-order valence-corrected chi connectivity index (χ3v) is 1.78. The zero-order valence-electron chi connectivity index (χ0n) is 6.79. The van der Waals surface area contributed by atoms with Crippen molar-refractivity contribution in [1.29, 1.82) is 0 Å². The van der Waals surface area contributed by atoms with E-state index in [-0.39, 0.29) is 24.0 Å². The Hall–Kier alpha value is -0.710. The molecule has 0 amide bonds. The van der Waals surface area contributed by atoms with Crippen molar-refractivity contribution in [2.75, 3.05) is 5.73 Å². The summed E-state index contributed by atoms with van der Waals surface area (Å²) in [5, 5.41) is 1.22. The summed E-state index contributed by atoms with van der Waals surface area (Å²) in [5.41, 5.74) is 8.70. The van der Waals surface area contributed by atoms with E-state index in [9.17, 15) is 0 Å². The molecular weight excluding hydrogens is 263 g/mol. The summed E-state index contributed by atoms with van der Waals surface area (Å²) >= 11 is 0. The van der Waals surface area contributed by atoms with Crippen LogP contribution in [0.1, 0.15) is 5.69 Å². The quantitative estimate of drug-likeness (QED) is 0.563. The highest BCUT2D eigenvalue weighted by Crippen LogP contribution is 2.17. The van der Waals surface area contributed by atoms with Crippen LogP contribution in [0, 0.1) is 6.92 Å². The van der Waals surface area contributed by atoms with Crippen LogP contribution in [0.25, 0.3) is 10.9 Å². The van der Waals surface area contributed by atoms with Crippen LogP contribution in [-0.2, 0) is 0 Å². The van der Waals surface area contributed by atoms with Gasteiger partial charge in [-0.2, -0.15) is 0 Å². The van der Waals surface area contributed by atoms with E-state index in [0.29, 0.717) is 0 Å². The zero-order valence-corrected chi connectivity index (χ0v) is 9.13. The first-order valence-electron chi connectivity index (χ1n) is 3.60. The van der Waals surface area contributed by atoms with Crippen LogP contribution in [0.4, 0.5) is 5.69 Å². The minimum atomic E-state index is 0. The highest BCUT2D eigenvalue weighted by molar-refractivity contribution is 14.0. The number of halogens is 1. The summed E-state index contributed by atoms with van der Waals surface area (Å²) in [6.45, 7) is 2.04. The molecule has 3 N–H and O–H groups in total. The van der Waals surface area contributed by atoms with Crippen molar-refractivity contribution in [2.45, 2.75) is 6.92 Å². The van der Waals surface area contributed by atoms with E-state index in [4.69, 9.17) is 5.73 Å².